The van der Waals surface area contributed by atoms with Crippen LogP contribution in [0.4, 0.5) is 0 Å². The monoisotopic (exact) mass is 558 g/mol. The van der Waals surface area contributed by atoms with Gasteiger partial charge in [0, 0.05) is 0 Å². The van der Waals surface area contributed by atoms with Gasteiger partial charge < -0.3 is 29.9 Å². The molecule has 2 aromatic rings. The molecule has 0 spiro atoms. The standard InChI is InChI=1S/C30H46N4O6/c1-28(2,13-9-12-24-25-27(37)26(36)23(17-35)30(25,38)40-24)19-29(3,4)39-18-22-16-34(33-32-22)15-21(31-5)14-20-10-7-6-8-11-20/h6-8,10-11,16,21,23-27,35-38H,5,9,12-15,17-19H2,1-4H3. The molecule has 10 nitrogen and oxygen atoms in total. The average molecular weight is 559 g/mol. The van der Waals surface area contributed by atoms with Gasteiger partial charge in [0.2, 0.25) is 0 Å². The number of ether oxygens (including phenoxy) is 2. The second-order valence-electron chi connectivity index (χ2n) is 12.9. The van der Waals surface area contributed by atoms with Gasteiger partial charge in [-0.05, 0) is 57.2 Å². The Morgan fingerprint density at radius 2 is 1.90 bits per heavy atom. The average Bonchev–Trinajstić information content (AvgIpc) is 3.39. The number of aliphatic hydroxyl groups excluding tert-OH is 3. The smallest absolute Gasteiger partial charge is 0.181 e. The number of aliphatic imine (C=N–C) groups is 1. The summed E-state index contributed by atoms with van der Waals surface area (Å²) in [4.78, 5) is 4.27. The fourth-order valence-corrected chi connectivity index (χ4v) is 6.69. The van der Waals surface area contributed by atoms with Crippen molar-refractivity contribution in [2.45, 2.75) is 109 Å². The Morgan fingerprint density at radius 1 is 1.18 bits per heavy atom. The molecule has 7 unspecified atom stereocenters. The number of rotatable bonds is 15. The highest BCUT2D eigenvalue weighted by Crippen LogP contribution is 2.54. The van der Waals surface area contributed by atoms with E-state index in [9.17, 15) is 20.4 Å². The molecule has 10 heteroatoms. The van der Waals surface area contributed by atoms with Crippen LogP contribution in [0, 0.1) is 17.3 Å². The molecule has 7 atom stereocenters. The molecular weight excluding hydrogens is 512 g/mol. The van der Waals surface area contributed by atoms with Gasteiger partial charge in [-0.2, -0.15) is 0 Å². The minimum atomic E-state index is -1.64. The lowest BCUT2D eigenvalue weighted by Gasteiger charge is -2.50. The van der Waals surface area contributed by atoms with E-state index in [1.807, 2.05) is 24.4 Å². The van der Waals surface area contributed by atoms with Gasteiger partial charge in [-0.15, -0.1) is 5.10 Å². The van der Waals surface area contributed by atoms with E-state index in [1.54, 1.807) is 4.68 Å². The highest BCUT2D eigenvalue weighted by atomic mass is 16.7. The maximum Gasteiger partial charge on any atom is 0.181 e. The summed E-state index contributed by atoms with van der Waals surface area (Å²) >= 11 is 0. The van der Waals surface area contributed by atoms with E-state index in [2.05, 4.69) is 61.8 Å². The first-order chi connectivity index (χ1) is 18.9. The molecule has 1 aliphatic carbocycles. The molecular formula is C30H46N4O6. The van der Waals surface area contributed by atoms with Crippen LogP contribution in [0.5, 0.6) is 0 Å². The second-order valence-corrected chi connectivity index (χ2v) is 12.9. The third-order valence-electron chi connectivity index (χ3n) is 8.49. The first-order valence-electron chi connectivity index (χ1n) is 14.3. The van der Waals surface area contributed by atoms with E-state index < -0.39 is 36.4 Å². The fraction of sp³-hybridized carbons (Fsp3) is 0.700. The molecule has 1 aliphatic heterocycles. The maximum absolute atomic E-state index is 10.7. The molecule has 1 saturated carbocycles. The van der Waals surface area contributed by atoms with Gasteiger partial charge in [-0.1, -0.05) is 55.8 Å². The fourth-order valence-electron chi connectivity index (χ4n) is 6.69. The molecule has 4 N–H and O–H groups in total. The van der Waals surface area contributed by atoms with Crippen LogP contribution >= 0.6 is 0 Å². The summed E-state index contributed by atoms with van der Waals surface area (Å²) in [5.41, 5.74) is 1.56. The zero-order valence-electron chi connectivity index (χ0n) is 24.2. The molecule has 2 heterocycles. The number of aliphatic hydroxyl groups is 4. The molecule has 222 valence electrons. The number of benzene rings is 1. The highest BCUT2D eigenvalue weighted by molar-refractivity contribution is 5.25. The van der Waals surface area contributed by atoms with Crippen molar-refractivity contribution in [2.75, 3.05) is 6.61 Å². The molecule has 1 aromatic heterocycles. The lowest BCUT2D eigenvalue weighted by Crippen LogP contribution is -2.62. The Labute approximate surface area is 237 Å². The second kappa shape index (κ2) is 12.3. The van der Waals surface area contributed by atoms with Crippen LogP contribution in [-0.4, -0.2) is 84.5 Å². The van der Waals surface area contributed by atoms with Gasteiger partial charge in [-0.25, -0.2) is 0 Å². The number of nitrogens with zero attached hydrogens (tertiary/aromatic N) is 4. The number of hydrogen-bond donors (Lipinski definition) is 4. The highest BCUT2D eigenvalue weighted by Gasteiger charge is 2.69. The lowest BCUT2D eigenvalue weighted by molar-refractivity contribution is -0.381. The van der Waals surface area contributed by atoms with E-state index in [-0.39, 0.29) is 23.2 Å². The zero-order chi connectivity index (χ0) is 29.1. The SMILES string of the molecule is C=NC(Cc1ccccc1)Cn1cc(COC(C)(C)CC(C)(C)CCCC2OC3(O)C(CO)C(O)C(O)C23)nn1. The van der Waals surface area contributed by atoms with Crippen molar-refractivity contribution >= 4 is 6.72 Å². The molecule has 0 amide bonds. The van der Waals surface area contributed by atoms with Crippen molar-refractivity contribution in [1.29, 1.82) is 0 Å². The summed E-state index contributed by atoms with van der Waals surface area (Å²) in [7, 11) is 0. The summed E-state index contributed by atoms with van der Waals surface area (Å²) < 4.78 is 13.8. The Morgan fingerprint density at radius 3 is 2.58 bits per heavy atom. The summed E-state index contributed by atoms with van der Waals surface area (Å²) in [5, 5.41) is 49.2. The van der Waals surface area contributed by atoms with Crippen LogP contribution in [-0.2, 0) is 29.0 Å². The number of fused-ring (bicyclic) bond motifs is 1. The minimum Gasteiger partial charge on any atom is -0.396 e. The van der Waals surface area contributed by atoms with Crippen LogP contribution in [0.3, 0.4) is 0 Å². The van der Waals surface area contributed by atoms with E-state index >= 15 is 0 Å². The van der Waals surface area contributed by atoms with Gasteiger partial charge in [0.1, 0.15) is 5.69 Å². The third kappa shape index (κ3) is 6.98. The van der Waals surface area contributed by atoms with E-state index in [1.165, 1.54) is 5.56 Å². The maximum atomic E-state index is 10.7. The minimum absolute atomic E-state index is 0.00680. The van der Waals surface area contributed by atoms with Crippen molar-refractivity contribution in [2.24, 2.45) is 22.2 Å². The third-order valence-corrected chi connectivity index (χ3v) is 8.49. The van der Waals surface area contributed by atoms with E-state index in [0.717, 1.165) is 31.4 Å². The van der Waals surface area contributed by atoms with Gasteiger partial charge in [-0.3, -0.25) is 9.67 Å². The Bertz CT molecular complexity index is 1110. The first kappa shape index (κ1) is 30.7. The van der Waals surface area contributed by atoms with E-state index in [0.29, 0.717) is 19.6 Å². The van der Waals surface area contributed by atoms with Gasteiger partial charge in [0.05, 0.1) is 67.7 Å². The predicted octanol–water partition coefficient (Wildman–Crippen LogP) is 2.52. The summed E-state index contributed by atoms with van der Waals surface area (Å²) in [6, 6.07) is 10.2. The van der Waals surface area contributed by atoms with Crippen LogP contribution in [0.2, 0.25) is 0 Å². The summed E-state index contributed by atoms with van der Waals surface area (Å²) in [6.45, 7) is 12.8. The molecule has 0 radical (unpaired) electrons. The van der Waals surface area contributed by atoms with Crippen molar-refractivity contribution in [1.82, 2.24) is 15.0 Å². The summed E-state index contributed by atoms with van der Waals surface area (Å²) in [6.07, 6.45) is 3.30. The molecule has 40 heavy (non-hydrogen) atoms. The largest absolute Gasteiger partial charge is 0.396 e. The Kier molecular flexibility index (Phi) is 9.49. The molecule has 2 aliphatic rings. The molecule has 2 fully saturated rings. The van der Waals surface area contributed by atoms with Crippen molar-refractivity contribution in [3.05, 3.63) is 47.8 Å². The normalized spacial score (nSPS) is 29.1. The molecule has 0 bridgehead atoms. The van der Waals surface area contributed by atoms with Crippen molar-refractivity contribution < 1.29 is 29.9 Å². The van der Waals surface area contributed by atoms with Crippen LogP contribution in [0.15, 0.2) is 41.5 Å². The topological polar surface area (TPSA) is 142 Å². The van der Waals surface area contributed by atoms with Crippen LogP contribution < -0.4 is 0 Å². The molecule has 1 aromatic carbocycles. The van der Waals surface area contributed by atoms with Crippen molar-refractivity contribution in [3.8, 4) is 0 Å². The van der Waals surface area contributed by atoms with Gasteiger partial charge in [0.25, 0.3) is 0 Å². The molecule has 4 rings (SSSR count). The molecule has 1 saturated heterocycles. The number of aromatic nitrogens is 3. The number of hydrogen-bond acceptors (Lipinski definition) is 9. The summed E-state index contributed by atoms with van der Waals surface area (Å²) in [5.74, 6) is -3.10. The zero-order valence-corrected chi connectivity index (χ0v) is 24.2. The first-order valence-corrected chi connectivity index (χ1v) is 14.3. The predicted molar refractivity (Wildman–Crippen MR) is 151 cm³/mol. The Balaban J connectivity index is 1.20. The van der Waals surface area contributed by atoms with Gasteiger partial charge >= 0.3 is 0 Å². The van der Waals surface area contributed by atoms with Gasteiger partial charge in [0.15, 0.2) is 5.79 Å². The van der Waals surface area contributed by atoms with E-state index in [4.69, 9.17) is 9.47 Å². The van der Waals surface area contributed by atoms with Crippen molar-refractivity contribution in [3.63, 3.8) is 0 Å². The Hall–Kier alpha value is -2.21. The van der Waals surface area contributed by atoms with Crippen LogP contribution in [0.25, 0.3) is 0 Å². The lowest BCUT2D eigenvalue weighted by atomic mass is 9.76. The quantitative estimate of drug-likeness (QED) is 0.244. The van der Waals surface area contributed by atoms with Crippen LogP contribution in [0.1, 0.15) is 64.6 Å².